The number of likely N-dealkylation sites (tertiary alicyclic amines) is 1. The molecule has 0 aliphatic carbocycles. The number of para-hydroxylation sites is 1. The van der Waals surface area contributed by atoms with Crippen molar-refractivity contribution in [2.45, 2.75) is 32.2 Å². The largest absolute Gasteiger partial charge is 0.493 e. The van der Waals surface area contributed by atoms with Crippen molar-refractivity contribution in [2.24, 2.45) is 0 Å². The topological polar surface area (TPSA) is 84.9 Å². The van der Waals surface area contributed by atoms with E-state index >= 15 is 0 Å². The number of anilines is 1. The number of aryl methyl sites for hydroxylation is 1. The van der Waals surface area contributed by atoms with Gasteiger partial charge in [-0.25, -0.2) is 0 Å². The minimum atomic E-state index is -0.139. The fourth-order valence-corrected chi connectivity index (χ4v) is 3.30. The summed E-state index contributed by atoms with van der Waals surface area (Å²) in [6.07, 6.45) is 1.38. The molecule has 2 aromatic rings. The first kappa shape index (κ1) is 20.4. The van der Waals surface area contributed by atoms with Crippen molar-refractivity contribution in [2.75, 3.05) is 19.5 Å². The quantitative estimate of drug-likeness (QED) is 0.694. The minimum absolute atomic E-state index is 0.118. The molecule has 1 N–H and O–H groups in total. The molecule has 1 heterocycles. The molecule has 0 spiro atoms. The highest BCUT2D eigenvalue weighted by Gasteiger charge is 2.28. The van der Waals surface area contributed by atoms with Gasteiger partial charge >= 0.3 is 0 Å². The Kier molecular flexibility index (Phi) is 6.49. The highest BCUT2D eigenvalue weighted by Crippen LogP contribution is 2.31. The fraction of sp³-hybridized carbons (Fsp3) is 0.318. The molecule has 0 bridgehead atoms. The van der Waals surface area contributed by atoms with E-state index in [4.69, 9.17) is 9.47 Å². The summed E-state index contributed by atoms with van der Waals surface area (Å²) in [5.74, 6) is 0.877. The van der Waals surface area contributed by atoms with Gasteiger partial charge in [-0.05, 0) is 35.7 Å². The maximum atomic E-state index is 12.3. The van der Waals surface area contributed by atoms with E-state index in [9.17, 15) is 14.4 Å². The van der Waals surface area contributed by atoms with Gasteiger partial charge < -0.3 is 14.8 Å². The second kappa shape index (κ2) is 9.23. The molecule has 0 radical (unpaired) electrons. The van der Waals surface area contributed by atoms with Crippen LogP contribution in [0.1, 0.15) is 30.4 Å². The Labute approximate surface area is 169 Å². The molecule has 1 fully saturated rings. The number of carbonyl (C=O) groups excluding carboxylic acids is 3. The molecular weight excluding hydrogens is 372 g/mol. The third-order valence-corrected chi connectivity index (χ3v) is 4.84. The van der Waals surface area contributed by atoms with Crippen LogP contribution in [0.15, 0.2) is 42.5 Å². The van der Waals surface area contributed by atoms with E-state index < -0.39 is 0 Å². The average Bonchev–Trinajstić information content (AvgIpc) is 3.05. The smallest absolute Gasteiger partial charge is 0.229 e. The van der Waals surface area contributed by atoms with Gasteiger partial charge in [0, 0.05) is 24.9 Å². The van der Waals surface area contributed by atoms with E-state index in [0.717, 1.165) is 11.1 Å². The first-order valence-corrected chi connectivity index (χ1v) is 9.43. The molecular formula is C22H24N2O5. The van der Waals surface area contributed by atoms with Gasteiger partial charge in [0.15, 0.2) is 11.5 Å². The zero-order chi connectivity index (χ0) is 20.8. The lowest BCUT2D eigenvalue weighted by Crippen LogP contribution is -2.28. The van der Waals surface area contributed by atoms with Crippen LogP contribution in [0.3, 0.4) is 0 Å². The van der Waals surface area contributed by atoms with Gasteiger partial charge in [0.25, 0.3) is 0 Å². The number of amides is 3. The SMILES string of the molecule is COc1cccc(CCC(=O)Nc2ccc(CN3C(=O)CCC3=O)cc2)c1OC. The van der Waals surface area contributed by atoms with Crippen LogP contribution in [-0.2, 0) is 27.3 Å². The van der Waals surface area contributed by atoms with E-state index in [2.05, 4.69) is 5.32 Å². The first-order valence-electron chi connectivity index (χ1n) is 9.43. The fourth-order valence-electron chi connectivity index (χ4n) is 3.30. The van der Waals surface area contributed by atoms with Gasteiger partial charge in [0.05, 0.1) is 20.8 Å². The number of methoxy groups -OCH3 is 2. The van der Waals surface area contributed by atoms with Crippen molar-refractivity contribution in [1.82, 2.24) is 4.90 Å². The highest BCUT2D eigenvalue weighted by atomic mass is 16.5. The Morgan fingerprint density at radius 2 is 1.69 bits per heavy atom. The third-order valence-electron chi connectivity index (χ3n) is 4.84. The Hall–Kier alpha value is -3.35. The van der Waals surface area contributed by atoms with Crippen LogP contribution in [0.5, 0.6) is 11.5 Å². The van der Waals surface area contributed by atoms with E-state index in [1.165, 1.54) is 4.90 Å². The molecule has 2 aromatic carbocycles. The number of rotatable bonds is 8. The predicted octanol–water partition coefficient (Wildman–Crippen LogP) is 2.92. The van der Waals surface area contributed by atoms with Gasteiger partial charge in [-0.1, -0.05) is 24.3 Å². The summed E-state index contributed by atoms with van der Waals surface area (Å²) in [5, 5.41) is 2.86. The summed E-state index contributed by atoms with van der Waals surface area (Å²) in [5.41, 5.74) is 2.40. The molecule has 7 heteroatoms. The summed E-state index contributed by atoms with van der Waals surface area (Å²) in [7, 11) is 3.15. The van der Waals surface area contributed by atoms with Crippen molar-refractivity contribution in [1.29, 1.82) is 0 Å². The van der Waals surface area contributed by atoms with Crippen LogP contribution in [0.25, 0.3) is 0 Å². The molecule has 1 saturated heterocycles. The maximum absolute atomic E-state index is 12.3. The molecule has 3 rings (SSSR count). The number of benzene rings is 2. The number of nitrogens with zero attached hydrogens (tertiary/aromatic N) is 1. The van der Waals surface area contributed by atoms with Gasteiger partial charge in [-0.2, -0.15) is 0 Å². The lowest BCUT2D eigenvalue weighted by Gasteiger charge is -2.14. The zero-order valence-corrected chi connectivity index (χ0v) is 16.6. The van der Waals surface area contributed by atoms with Crippen LogP contribution in [0, 0.1) is 0 Å². The number of hydrogen-bond acceptors (Lipinski definition) is 5. The Bertz CT molecular complexity index is 892. The van der Waals surface area contributed by atoms with E-state index in [1.54, 1.807) is 38.5 Å². The van der Waals surface area contributed by atoms with Crippen molar-refractivity contribution < 1.29 is 23.9 Å². The molecule has 1 aliphatic rings. The van der Waals surface area contributed by atoms with E-state index in [1.807, 2.05) is 18.2 Å². The van der Waals surface area contributed by atoms with Crippen LogP contribution in [0.2, 0.25) is 0 Å². The zero-order valence-electron chi connectivity index (χ0n) is 16.6. The average molecular weight is 396 g/mol. The van der Waals surface area contributed by atoms with Gasteiger partial charge in [0.2, 0.25) is 17.7 Å². The molecule has 1 aliphatic heterocycles. The minimum Gasteiger partial charge on any atom is -0.493 e. The van der Waals surface area contributed by atoms with Crippen molar-refractivity contribution in [3.05, 3.63) is 53.6 Å². The van der Waals surface area contributed by atoms with Crippen LogP contribution >= 0.6 is 0 Å². The second-order valence-electron chi connectivity index (χ2n) is 6.77. The monoisotopic (exact) mass is 396 g/mol. The van der Waals surface area contributed by atoms with Gasteiger partial charge in [-0.3, -0.25) is 19.3 Å². The Morgan fingerprint density at radius 3 is 2.31 bits per heavy atom. The number of nitrogens with one attached hydrogen (secondary N) is 1. The summed E-state index contributed by atoms with van der Waals surface area (Å²) in [4.78, 5) is 37.0. The maximum Gasteiger partial charge on any atom is 0.229 e. The lowest BCUT2D eigenvalue weighted by molar-refractivity contribution is -0.139. The standard InChI is InChI=1S/C22H24N2O5/c1-28-18-5-3-4-16(22(18)29-2)8-11-19(25)23-17-9-6-15(7-10-17)14-24-20(26)12-13-21(24)27/h3-7,9-10H,8,11-14H2,1-2H3,(H,23,25). The number of hydrogen-bond donors (Lipinski definition) is 1. The van der Waals surface area contributed by atoms with Crippen molar-refractivity contribution in [3.8, 4) is 11.5 Å². The predicted molar refractivity (Wildman–Crippen MR) is 108 cm³/mol. The lowest BCUT2D eigenvalue weighted by atomic mass is 10.1. The van der Waals surface area contributed by atoms with E-state index in [0.29, 0.717) is 30.0 Å². The number of imide groups is 1. The van der Waals surface area contributed by atoms with Crippen LogP contribution in [-0.4, -0.2) is 36.8 Å². The molecule has 0 aromatic heterocycles. The molecule has 0 saturated carbocycles. The van der Waals surface area contributed by atoms with Crippen LogP contribution in [0.4, 0.5) is 5.69 Å². The second-order valence-corrected chi connectivity index (χ2v) is 6.77. The van der Waals surface area contributed by atoms with Crippen molar-refractivity contribution in [3.63, 3.8) is 0 Å². The highest BCUT2D eigenvalue weighted by molar-refractivity contribution is 6.01. The summed E-state index contributed by atoms with van der Waals surface area (Å²) in [6, 6.07) is 12.7. The van der Waals surface area contributed by atoms with Crippen LogP contribution < -0.4 is 14.8 Å². The summed E-state index contributed by atoms with van der Waals surface area (Å²) in [6.45, 7) is 0.265. The van der Waals surface area contributed by atoms with Gasteiger partial charge in [-0.15, -0.1) is 0 Å². The summed E-state index contributed by atoms with van der Waals surface area (Å²) < 4.78 is 10.7. The third kappa shape index (κ3) is 4.93. The molecule has 0 atom stereocenters. The summed E-state index contributed by atoms with van der Waals surface area (Å²) >= 11 is 0. The molecule has 0 unspecified atom stereocenters. The first-order chi connectivity index (χ1) is 14.0. The number of carbonyl (C=O) groups is 3. The van der Waals surface area contributed by atoms with Crippen molar-refractivity contribution >= 4 is 23.4 Å². The Balaban J connectivity index is 1.55. The molecule has 152 valence electrons. The molecule has 7 nitrogen and oxygen atoms in total. The van der Waals surface area contributed by atoms with Gasteiger partial charge in [0.1, 0.15) is 0 Å². The molecule has 29 heavy (non-hydrogen) atoms. The van der Waals surface area contributed by atoms with E-state index in [-0.39, 0.29) is 37.1 Å². The Morgan fingerprint density at radius 1 is 1.00 bits per heavy atom. The molecule has 3 amide bonds. The normalized spacial score (nSPS) is 13.5. The number of ether oxygens (including phenoxy) is 2.